The van der Waals surface area contributed by atoms with Gasteiger partial charge in [-0.1, -0.05) is 0 Å². The third kappa shape index (κ3) is 2.64. The molecule has 0 saturated carbocycles. The molecule has 0 amide bonds. The molecule has 5 heteroatoms. The Bertz CT molecular complexity index is 294. The summed E-state index contributed by atoms with van der Waals surface area (Å²) < 4.78 is 4.98. The quantitative estimate of drug-likeness (QED) is 0.261. The van der Waals surface area contributed by atoms with E-state index in [-0.39, 0.29) is 5.96 Å². The summed E-state index contributed by atoms with van der Waals surface area (Å²) in [6, 6.07) is 7.15. The minimum Gasteiger partial charge on any atom is -0.497 e. The highest BCUT2D eigenvalue weighted by Crippen LogP contribution is 2.16. The van der Waals surface area contributed by atoms with Crippen LogP contribution >= 0.6 is 0 Å². The maximum Gasteiger partial charge on any atom is 0.208 e. The highest BCUT2D eigenvalue weighted by molar-refractivity contribution is 5.80. The van der Waals surface area contributed by atoms with Crippen molar-refractivity contribution < 1.29 is 4.74 Å². The number of methoxy groups -OCH3 is 1. The van der Waals surface area contributed by atoms with Crippen LogP contribution in [-0.2, 0) is 0 Å². The Kier molecular flexibility index (Phi) is 3.10. The molecule has 0 aromatic heterocycles. The average Bonchev–Trinajstić information content (AvgIpc) is 2.19. The van der Waals surface area contributed by atoms with Crippen LogP contribution in [0.4, 0.5) is 5.69 Å². The van der Waals surface area contributed by atoms with Crippen LogP contribution in [0.2, 0.25) is 0 Å². The standard InChI is InChI=1S/C8H12N4O/c1-13-7-4-2-6(3-5-7)11-8(9)12-10/h2-5H,10H2,1H3,(H3,9,11,12). The van der Waals surface area contributed by atoms with E-state index in [9.17, 15) is 0 Å². The predicted octanol–water partition coefficient (Wildman–Crippen LogP) is 0.105. The second kappa shape index (κ2) is 4.32. The Balaban J connectivity index is 2.80. The van der Waals surface area contributed by atoms with E-state index in [0.29, 0.717) is 0 Å². The molecule has 5 nitrogen and oxygen atoms in total. The monoisotopic (exact) mass is 180 g/mol. The molecule has 0 aliphatic rings. The molecule has 0 heterocycles. The van der Waals surface area contributed by atoms with E-state index in [4.69, 9.17) is 16.3 Å². The summed E-state index contributed by atoms with van der Waals surface area (Å²) >= 11 is 0. The number of rotatable bonds is 2. The second-order valence-corrected chi connectivity index (χ2v) is 2.34. The van der Waals surface area contributed by atoms with Gasteiger partial charge in [-0.25, -0.2) is 10.8 Å². The first-order valence-corrected chi connectivity index (χ1v) is 3.71. The minimum absolute atomic E-state index is 0.171. The molecule has 1 aromatic rings. The molecule has 13 heavy (non-hydrogen) atoms. The van der Waals surface area contributed by atoms with Crippen molar-refractivity contribution in [3.05, 3.63) is 24.3 Å². The number of aliphatic imine (C=N–C) groups is 1. The highest BCUT2D eigenvalue weighted by atomic mass is 16.5. The largest absolute Gasteiger partial charge is 0.497 e. The van der Waals surface area contributed by atoms with Crippen LogP contribution in [0.25, 0.3) is 0 Å². The fourth-order valence-electron chi connectivity index (χ4n) is 0.828. The zero-order chi connectivity index (χ0) is 9.68. The summed E-state index contributed by atoms with van der Waals surface area (Å²) in [5.74, 6) is 5.99. The van der Waals surface area contributed by atoms with Crippen molar-refractivity contribution >= 4 is 11.6 Å². The number of ether oxygens (including phenoxy) is 1. The van der Waals surface area contributed by atoms with Crippen LogP contribution in [0.1, 0.15) is 0 Å². The topological polar surface area (TPSA) is 85.7 Å². The van der Waals surface area contributed by atoms with Crippen LogP contribution in [0.3, 0.4) is 0 Å². The number of nitrogens with one attached hydrogen (secondary N) is 1. The van der Waals surface area contributed by atoms with E-state index in [1.54, 1.807) is 31.4 Å². The Morgan fingerprint density at radius 3 is 2.46 bits per heavy atom. The predicted molar refractivity (Wildman–Crippen MR) is 51.6 cm³/mol. The average molecular weight is 180 g/mol. The van der Waals surface area contributed by atoms with E-state index in [0.717, 1.165) is 11.4 Å². The molecule has 0 unspecified atom stereocenters. The zero-order valence-corrected chi connectivity index (χ0v) is 7.32. The van der Waals surface area contributed by atoms with Gasteiger partial charge in [0.25, 0.3) is 0 Å². The van der Waals surface area contributed by atoms with Crippen molar-refractivity contribution in [1.29, 1.82) is 0 Å². The van der Waals surface area contributed by atoms with Crippen LogP contribution in [0.15, 0.2) is 29.3 Å². The lowest BCUT2D eigenvalue weighted by molar-refractivity contribution is 0.415. The van der Waals surface area contributed by atoms with Gasteiger partial charge in [-0.05, 0) is 24.3 Å². The third-order valence-electron chi connectivity index (χ3n) is 1.47. The summed E-state index contributed by atoms with van der Waals surface area (Å²) in [5.41, 5.74) is 8.32. The first-order chi connectivity index (χ1) is 6.26. The van der Waals surface area contributed by atoms with Gasteiger partial charge in [0, 0.05) is 0 Å². The zero-order valence-electron chi connectivity index (χ0n) is 7.32. The van der Waals surface area contributed by atoms with Crippen LogP contribution in [0, 0.1) is 0 Å². The van der Waals surface area contributed by atoms with E-state index in [1.165, 1.54) is 0 Å². The summed E-state index contributed by atoms with van der Waals surface area (Å²) in [6.07, 6.45) is 0. The molecule has 0 bridgehead atoms. The molecular formula is C8H12N4O. The van der Waals surface area contributed by atoms with Crippen LogP contribution in [0.5, 0.6) is 5.75 Å². The number of guanidine groups is 1. The van der Waals surface area contributed by atoms with E-state index in [2.05, 4.69) is 10.4 Å². The smallest absolute Gasteiger partial charge is 0.208 e. The number of hydrazine groups is 1. The SMILES string of the molecule is COc1ccc(N=C(N)NN)cc1. The van der Waals surface area contributed by atoms with Crippen molar-refractivity contribution in [3.8, 4) is 5.75 Å². The molecule has 0 aliphatic heterocycles. The molecule has 0 spiro atoms. The number of nitrogens with two attached hydrogens (primary N) is 2. The van der Waals surface area contributed by atoms with Gasteiger partial charge in [-0.3, -0.25) is 5.43 Å². The van der Waals surface area contributed by atoms with Gasteiger partial charge in [-0.2, -0.15) is 0 Å². The Hall–Kier alpha value is -1.75. The fourth-order valence-corrected chi connectivity index (χ4v) is 0.828. The van der Waals surface area contributed by atoms with Gasteiger partial charge < -0.3 is 10.5 Å². The van der Waals surface area contributed by atoms with Crippen molar-refractivity contribution in [2.75, 3.05) is 7.11 Å². The molecule has 70 valence electrons. The summed E-state index contributed by atoms with van der Waals surface area (Å²) in [5, 5.41) is 0. The van der Waals surface area contributed by atoms with Crippen LogP contribution < -0.4 is 21.7 Å². The molecule has 1 aromatic carbocycles. The van der Waals surface area contributed by atoms with E-state index >= 15 is 0 Å². The maximum atomic E-state index is 5.36. The molecule has 5 N–H and O–H groups in total. The van der Waals surface area contributed by atoms with Crippen LogP contribution in [-0.4, -0.2) is 13.1 Å². The molecule has 0 radical (unpaired) electrons. The molecule has 0 atom stereocenters. The molecule has 0 saturated heterocycles. The van der Waals surface area contributed by atoms with Gasteiger partial charge in [0.15, 0.2) is 0 Å². The Morgan fingerprint density at radius 2 is 2.00 bits per heavy atom. The minimum atomic E-state index is 0.171. The number of nitrogens with zero attached hydrogens (tertiary/aromatic N) is 1. The Morgan fingerprint density at radius 1 is 1.38 bits per heavy atom. The van der Waals surface area contributed by atoms with E-state index < -0.39 is 0 Å². The summed E-state index contributed by atoms with van der Waals surface area (Å²) in [7, 11) is 1.61. The van der Waals surface area contributed by atoms with Gasteiger partial charge in [-0.15, -0.1) is 0 Å². The lowest BCUT2D eigenvalue weighted by Crippen LogP contribution is -2.36. The van der Waals surface area contributed by atoms with E-state index in [1.807, 2.05) is 0 Å². The maximum absolute atomic E-state index is 5.36. The van der Waals surface area contributed by atoms with Crippen molar-refractivity contribution in [3.63, 3.8) is 0 Å². The second-order valence-electron chi connectivity index (χ2n) is 2.34. The molecule has 0 fully saturated rings. The first-order valence-electron chi connectivity index (χ1n) is 3.71. The Labute approximate surface area is 76.4 Å². The van der Waals surface area contributed by atoms with Crippen molar-refractivity contribution in [1.82, 2.24) is 5.43 Å². The number of hydrogen-bond acceptors (Lipinski definition) is 3. The number of hydrogen-bond donors (Lipinski definition) is 3. The summed E-state index contributed by atoms with van der Waals surface area (Å²) in [4.78, 5) is 3.96. The summed E-state index contributed by atoms with van der Waals surface area (Å²) in [6.45, 7) is 0. The lowest BCUT2D eigenvalue weighted by atomic mass is 10.3. The van der Waals surface area contributed by atoms with Crippen molar-refractivity contribution in [2.45, 2.75) is 0 Å². The highest BCUT2D eigenvalue weighted by Gasteiger charge is 1.92. The van der Waals surface area contributed by atoms with Gasteiger partial charge in [0.1, 0.15) is 5.75 Å². The first kappa shape index (κ1) is 9.34. The van der Waals surface area contributed by atoms with Gasteiger partial charge in [0.05, 0.1) is 12.8 Å². The van der Waals surface area contributed by atoms with Crippen molar-refractivity contribution in [2.24, 2.45) is 16.6 Å². The van der Waals surface area contributed by atoms with Gasteiger partial charge >= 0.3 is 0 Å². The van der Waals surface area contributed by atoms with Gasteiger partial charge in [0.2, 0.25) is 5.96 Å². The normalized spacial score (nSPS) is 11.1. The number of benzene rings is 1. The molecule has 0 aliphatic carbocycles. The lowest BCUT2D eigenvalue weighted by Gasteiger charge is -2.00. The molecule has 1 rings (SSSR count). The molecular weight excluding hydrogens is 168 g/mol. The fraction of sp³-hybridized carbons (Fsp3) is 0.125. The third-order valence-corrected chi connectivity index (χ3v) is 1.47.